The summed E-state index contributed by atoms with van der Waals surface area (Å²) in [6, 6.07) is 11.1. The summed E-state index contributed by atoms with van der Waals surface area (Å²) in [5.41, 5.74) is 4.12. The van der Waals surface area contributed by atoms with Gasteiger partial charge in [-0.15, -0.1) is 11.3 Å². The Hall–Kier alpha value is -1.78. The molecule has 0 saturated heterocycles. The molecule has 1 unspecified atom stereocenters. The second-order valence-electron chi connectivity index (χ2n) is 4.99. The molecule has 2 aliphatic rings. The molecule has 20 heavy (non-hydrogen) atoms. The van der Waals surface area contributed by atoms with Crippen molar-refractivity contribution in [2.45, 2.75) is 18.8 Å². The van der Waals surface area contributed by atoms with Gasteiger partial charge < -0.3 is 14.8 Å². The highest BCUT2D eigenvalue weighted by atomic mass is 32.1. The Labute approximate surface area is 121 Å². The van der Waals surface area contributed by atoms with Crippen molar-refractivity contribution in [1.29, 1.82) is 0 Å². The van der Waals surface area contributed by atoms with Crippen molar-refractivity contribution in [3.8, 4) is 0 Å². The van der Waals surface area contributed by atoms with Crippen LogP contribution in [0.3, 0.4) is 0 Å². The SMILES string of the molecule is C1=COC(c2cc(C3NCCc4ccccc43)cs2)O1. The number of hydrogen-bond acceptors (Lipinski definition) is 4. The predicted molar refractivity (Wildman–Crippen MR) is 78.4 cm³/mol. The van der Waals surface area contributed by atoms with Crippen molar-refractivity contribution < 1.29 is 9.47 Å². The summed E-state index contributed by atoms with van der Waals surface area (Å²) < 4.78 is 10.8. The normalized spacial score (nSPS) is 21.3. The van der Waals surface area contributed by atoms with Crippen molar-refractivity contribution in [3.63, 3.8) is 0 Å². The Morgan fingerprint density at radius 3 is 2.90 bits per heavy atom. The van der Waals surface area contributed by atoms with Crippen molar-refractivity contribution in [3.05, 3.63) is 69.8 Å². The van der Waals surface area contributed by atoms with Gasteiger partial charge in [0.25, 0.3) is 6.29 Å². The molecule has 1 aromatic carbocycles. The van der Waals surface area contributed by atoms with Crippen molar-refractivity contribution in [2.75, 3.05) is 6.54 Å². The smallest absolute Gasteiger partial charge is 0.275 e. The molecule has 0 spiro atoms. The molecule has 102 valence electrons. The second-order valence-corrected chi connectivity index (χ2v) is 5.94. The molecule has 1 aromatic heterocycles. The molecule has 4 heteroatoms. The lowest BCUT2D eigenvalue weighted by Crippen LogP contribution is -2.30. The molecule has 1 atom stereocenters. The Morgan fingerprint density at radius 1 is 1.15 bits per heavy atom. The minimum Gasteiger partial charge on any atom is -0.454 e. The van der Waals surface area contributed by atoms with E-state index >= 15 is 0 Å². The highest BCUT2D eigenvalue weighted by molar-refractivity contribution is 7.10. The largest absolute Gasteiger partial charge is 0.454 e. The molecular weight excluding hydrogens is 270 g/mol. The number of thiophene rings is 1. The fraction of sp³-hybridized carbons (Fsp3) is 0.250. The van der Waals surface area contributed by atoms with Crippen LogP contribution in [-0.4, -0.2) is 6.54 Å². The summed E-state index contributed by atoms with van der Waals surface area (Å²) in [4.78, 5) is 1.11. The third-order valence-corrected chi connectivity index (χ3v) is 4.75. The van der Waals surface area contributed by atoms with Crippen LogP contribution in [-0.2, 0) is 15.9 Å². The highest BCUT2D eigenvalue weighted by Crippen LogP contribution is 2.35. The van der Waals surface area contributed by atoms with Crippen molar-refractivity contribution in [2.24, 2.45) is 0 Å². The van der Waals surface area contributed by atoms with Gasteiger partial charge in [0.1, 0.15) is 12.5 Å². The molecule has 0 bridgehead atoms. The molecule has 0 saturated carbocycles. The van der Waals surface area contributed by atoms with Crippen LogP contribution in [0.5, 0.6) is 0 Å². The Morgan fingerprint density at radius 2 is 2.00 bits per heavy atom. The van der Waals surface area contributed by atoms with Crippen LogP contribution in [0.15, 0.2) is 48.2 Å². The summed E-state index contributed by atoms with van der Waals surface area (Å²) in [7, 11) is 0. The predicted octanol–water partition coefficient (Wildman–Crippen LogP) is 3.50. The van der Waals surface area contributed by atoms with E-state index in [9.17, 15) is 0 Å². The summed E-state index contributed by atoms with van der Waals surface area (Å²) in [6.45, 7) is 1.02. The van der Waals surface area contributed by atoms with Crippen LogP contribution in [0.25, 0.3) is 0 Å². The molecule has 3 heterocycles. The van der Waals surface area contributed by atoms with Gasteiger partial charge in [-0.25, -0.2) is 0 Å². The van der Waals surface area contributed by atoms with E-state index in [-0.39, 0.29) is 12.3 Å². The van der Waals surface area contributed by atoms with E-state index in [2.05, 4.69) is 41.0 Å². The van der Waals surface area contributed by atoms with E-state index in [0.717, 1.165) is 17.8 Å². The lowest BCUT2D eigenvalue weighted by Gasteiger charge is -2.26. The maximum atomic E-state index is 5.40. The topological polar surface area (TPSA) is 30.5 Å². The van der Waals surface area contributed by atoms with Gasteiger partial charge in [0.2, 0.25) is 0 Å². The van der Waals surface area contributed by atoms with E-state index in [0.29, 0.717) is 0 Å². The van der Waals surface area contributed by atoms with Crippen LogP contribution in [0, 0.1) is 0 Å². The molecular formula is C16H15NO2S. The van der Waals surface area contributed by atoms with Gasteiger partial charge in [-0.2, -0.15) is 0 Å². The number of benzene rings is 1. The minimum atomic E-state index is -0.271. The zero-order valence-electron chi connectivity index (χ0n) is 10.9. The second kappa shape index (κ2) is 4.96. The van der Waals surface area contributed by atoms with E-state index in [1.54, 1.807) is 23.9 Å². The molecule has 0 aliphatic carbocycles. The Kier molecular flexibility index (Phi) is 2.98. The molecule has 0 amide bonds. The van der Waals surface area contributed by atoms with E-state index in [1.165, 1.54) is 16.7 Å². The van der Waals surface area contributed by atoms with Crippen molar-refractivity contribution in [1.82, 2.24) is 5.32 Å². The Bertz CT molecular complexity index is 641. The van der Waals surface area contributed by atoms with Gasteiger partial charge in [0.15, 0.2) is 0 Å². The number of ether oxygens (including phenoxy) is 2. The maximum absolute atomic E-state index is 5.40. The van der Waals surface area contributed by atoms with Gasteiger partial charge >= 0.3 is 0 Å². The Balaban J connectivity index is 1.65. The van der Waals surface area contributed by atoms with Gasteiger partial charge in [-0.3, -0.25) is 0 Å². The first-order chi connectivity index (χ1) is 9.92. The monoisotopic (exact) mass is 285 g/mol. The summed E-state index contributed by atoms with van der Waals surface area (Å²) in [5, 5.41) is 5.80. The lowest BCUT2D eigenvalue weighted by atomic mass is 9.91. The van der Waals surface area contributed by atoms with Gasteiger partial charge in [0.05, 0.1) is 10.9 Å². The molecule has 0 fully saturated rings. The van der Waals surface area contributed by atoms with Crippen LogP contribution < -0.4 is 5.32 Å². The summed E-state index contributed by atoms with van der Waals surface area (Å²) in [5.74, 6) is 0. The molecule has 2 aliphatic heterocycles. The average Bonchev–Trinajstić information content (AvgIpc) is 3.17. The third-order valence-electron chi connectivity index (χ3n) is 3.77. The zero-order valence-corrected chi connectivity index (χ0v) is 11.7. The summed E-state index contributed by atoms with van der Waals surface area (Å²) >= 11 is 1.69. The van der Waals surface area contributed by atoms with E-state index in [4.69, 9.17) is 9.47 Å². The fourth-order valence-corrected chi connectivity index (χ4v) is 3.72. The molecule has 2 aromatic rings. The van der Waals surface area contributed by atoms with E-state index in [1.807, 2.05) is 0 Å². The standard InChI is InChI=1S/C16H15NO2S/c1-2-4-13-11(3-1)5-6-17-15(13)12-9-14(20-10-12)16-18-7-8-19-16/h1-4,7-10,15-17H,5-6H2. The van der Waals surface area contributed by atoms with Crippen LogP contribution in [0.4, 0.5) is 0 Å². The van der Waals surface area contributed by atoms with Gasteiger partial charge in [0, 0.05) is 6.54 Å². The first-order valence-electron chi connectivity index (χ1n) is 6.77. The molecule has 4 rings (SSSR count). The van der Waals surface area contributed by atoms with Crippen molar-refractivity contribution >= 4 is 11.3 Å². The van der Waals surface area contributed by atoms with Crippen LogP contribution in [0.1, 0.15) is 33.9 Å². The number of nitrogens with one attached hydrogen (secondary N) is 1. The van der Waals surface area contributed by atoms with Gasteiger partial charge in [-0.1, -0.05) is 24.3 Å². The molecule has 1 N–H and O–H groups in total. The van der Waals surface area contributed by atoms with Crippen LogP contribution in [0.2, 0.25) is 0 Å². The first-order valence-corrected chi connectivity index (χ1v) is 7.65. The molecule has 0 radical (unpaired) electrons. The third kappa shape index (κ3) is 2.01. The fourth-order valence-electron chi connectivity index (χ4n) is 2.82. The average molecular weight is 285 g/mol. The number of fused-ring (bicyclic) bond motifs is 1. The minimum absolute atomic E-state index is 0.271. The highest BCUT2D eigenvalue weighted by Gasteiger charge is 2.24. The maximum Gasteiger partial charge on any atom is 0.275 e. The number of rotatable bonds is 2. The molecule has 3 nitrogen and oxygen atoms in total. The number of hydrogen-bond donors (Lipinski definition) is 1. The summed E-state index contributed by atoms with van der Waals surface area (Å²) in [6.07, 6.45) is 4.02. The first kappa shape index (κ1) is 12.0. The van der Waals surface area contributed by atoms with Crippen LogP contribution >= 0.6 is 11.3 Å². The quantitative estimate of drug-likeness (QED) is 0.916. The zero-order chi connectivity index (χ0) is 13.4. The van der Waals surface area contributed by atoms with E-state index < -0.39 is 0 Å². The lowest BCUT2D eigenvalue weighted by molar-refractivity contribution is -0.0217. The van der Waals surface area contributed by atoms with Gasteiger partial charge in [-0.05, 0) is 34.6 Å².